The van der Waals surface area contributed by atoms with Crippen LogP contribution in [0, 0.1) is 11.8 Å². The van der Waals surface area contributed by atoms with Gasteiger partial charge in [-0.3, -0.25) is 14.4 Å². The minimum Gasteiger partial charge on any atom is -0.369 e. The molecule has 1 aromatic rings. The van der Waals surface area contributed by atoms with Gasteiger partial charge >= 0.3 is 0 Å². The molecule has 1 atom stereocenters. The highest BCUT2D eigenvalue weighted by Crippen LogP contribution is 2.29. The standard InChI is InChI=1S/C21H30N4O5S/c1-3-24(4-2)31(29,30)18-7-5-17(6-8-18)25-14-16(13-19(25)26)21(28)23-11-9-15(10-12-23)20(22)27/h5-8,15-16H,3-4,9-14H2,1-2H3,(H2,22,27)/t16-/m0/s1. The number of carbonyl (C=O) groups is 3. The van der Waals surface area contributed by atoms with Crippen molar-refractivity contribution in [2.75, 3.05) is 37.6 Å². The maximum atomic E-state index is 12.9. The lowest BCUT2D eigenvalue weighted by molar-refractivity contribution is -0.138. The van der Waals surface area contributed by atoms with Gasteiger partial charge in [0.2, 0.25) is 27.7 Å². The molecule has 0 bridgehead atoms. The van der Waals surface area contributed by atoms with Gasteiger partial charge in [0.15, 0.2) is 0 Å². The highest BCUT2D eigenvalue weighted by Gasteiger charge is 2.38. The van der Waals surface area contributed by atoms with Gasteiger partial charge in [0.05, 0.1) is 10.8 Å². The number of nitrogens with zero attached hydrogens (tertiary/aromatic N) is 3. The van der Waals surface area contributed by atoms with Gasteiger partial charge in [0.1, 0.15) is 0 Å². The Morgan fingerprint density at radius 1 is 1.06 bits per heavy atom. The molecule has 0 spiro atoms. The lowest BCUT2D eigenvalue weighted by atomic mass is 9.95. The number of hydrogen-bond acceptors (Lipinski definition) is 5. The zero-order chi connectivity index (χ0) is 22.8. The van der Waals surface area contributed by atoms with Crippen LogP contribution in [0.4, 0.5) is 5.69 Å². The molecule has 3 amide bonds. The lowest BCUT2D eigenvalue weighted by Crippen LogP contribution is -2.44. The van der Waals surface area contributed by atoms with E-state index < -0.39 is 15.9 Å². The van der Waals surface area contributed by atoms with Gasteiger partial charge in [-0.2, -0.15) is 4.31 Å². The highest BCUT2D eigenvalue weighted by molar-refractivity contribution is 7.89. The first-order chi connectivity index (χ1) is 14.7. The summed E-state index contributed by atoms with van der Waals surface area (Å²) in [5.74, 6) is -1.22. The summed E-state index contributed by atoms with van der Waals surface area (Å²) in [6.07, 6.45) is 1.22. The van der Waals surface area contributed by atoms with Crippen molar-refractivity contribution in [3.05, 3.63) is 24.3 Å². The van der Waals surface area contributed by atoms with Crippen LogP contribution in [0.1, 0.15) is 33.1 Å². The van der Waals surface area contributed by atoms with Crippen LogP contribution in [0.2, 0.25) is 0 Å². The van der Waals surface area contributed by atoms with E-state index >= 15 is 0 Å². The van der Waals surface area contributed by atoms with E-state index in [0.717, 1.165) is 0 Å². The molecule has 1 aromatic carbocycles. The number of primary amides is 1. The van der Waals surface area contributed by atoms with Crippen molar-refractivity contribution in [1.29, 1.82) is 0 Å². The summed E-state index contributed by atoms with van der Waals surface area (Å²) in [5.41, 5.74) is 5.92. The maximum absolute atomic E-state index is 12.9. The quantitative estimate of drug-likeness (QED) is 0.658. The van der Waals surface area contributed by atoms with Crippen molar-refractivity contribution < 1.29 is 22.8 Å². The second-order valence-electron chi connectivity index (χ2n) is 7.99. The number of carbonyl (C=O) groups excluding carboxylic acids is 3. The van der Waals surface area contributed by atoms with Crippen molar-refractivity contribution in [1.82, 2.24) is 9.21 Å². The predicted molar refractivity (Wildman–Crippen MR) is 116 cm³/mol. The molecule has 3 rings (SSSR count). The minimum atomic E-state index is -3.57. The summed E-state index contributed by atoms with van der Waals surface area (Å²) in [6, 6.07) is 6.22. The highest BCUT2D eigenvalue weighted by atomic mass is 32.2. The summed E-state index contributed by atoms with van der Waals surface area (Å²) < 4.78 is 26.7. The summed E-state index contributed by atoms with van der Waals surface area (Å²) in [7, 11) is -3.57. The average molecular weight is 451 g/mol. The Morgan fingerprint density at radius 2 is 1.65 bits per heavy atom. The Kier molecular flexibility index (Phi) is 7.00. The topological polar surface area (TPSA) is 121 Å². The summed E-state index contributed by atoms with van der Waals surface area (Å²) >= 11 is 0. The van der Waals surface area contributed by atoms with Crippen molar-refractivity contribution in [3.8, 4) is 0 Å². The van der Waals surface area contributed by atoms with E-state index in [-0.39, 0.29) is 41.5 Å². The van der Waals surface area contributed by atoms with Gasteiger partial charge in [0.25, 0.3) is 0 Å². The average Bonchev–Trinajstić information content (AvgIpc) is 3.15. The molecule has 2 fully saturated rings. The first-order valence-corrected chi connectivity index (χ1v) is 12.1. The molecular formula is C21H30N4O5S. The van der Waals surface area contributed by atoms with E-state index in [9.17, 15) is 22.8 Å². The van der Waals surface area contributed by atoms with Gasteiger partial charge in [0, 0.05) is 50.7 Å². The maximum Gasteiger partial charge on any atom is 0.243 e. The van der Waals surface area contributed by atoms with Crippen molar-refractivity contribution in [2.24, 2.45) is 17.6 Å². The van der Waals surface area contributed by atoms with Crippen molar-refractivity contribution in [3.63, 3.8) is 0 Å². The largest absolute Gasteiger partial charge is 0.369 e. The molecule has 2 aliphatic rings. The molecule has 0 radical (unpaired) electrons. The number of amides is 3. The number of anilines is 1. The van der Waals surface area contributed by atoms with Crippen molar-refractivity contribution in [2.45, 2.75) is 38.0 Å². The Balaban J connectivity index is 1.66. The molecule has 0 aromatic heterocycles. The molecule has 2 heterocycles. The number of hydrogen-bond donors (Lipinski definition) is 1. The van der Waals surface area contributed by atoms with Gasteiger partial charge in [-0.15, -0.1) is 0 Å². The van der Waals surface area contributed by atoms with Crippen LogP contribution in [0.25, 0.3) is 0 Å². The second kappa shape index (κ2) is 9.35. The van der Waals surface area contributed by atoms with Gasteiger partial charge in [-0.25, -0.2) is 8.42 Å². The number of benzene rings is 1. The van der Waals surface area contributed by atoms with Crippen LogP contribution in [-0.2, 0) is 24.4 Å². The Hall–Kier alpha value is -2.46. The third-order valence-electron chi connectivity index (χ3n) is 6.17. The van der Waals surface area contributed by atoms with E-state index in [4.69, 9.17) is 5.73 Å². The summed E-state index contributed by atoms with van der Waals surface area (Å²) in [6.45, 7) is 5.52. The number of rotatable bonds is 7. The molecule has 2 N–H and O–H groups in total. The third-order valence-corrected chi connectivity index (χ3v) is 8.24. The van der Waals surface area contributed by atoms with Crippen LogP contribution >= 0.6 is 0 Å². The molecule has 170 valence electrons. The van der Waals surface area contributed by atoms with Crippen LogP contribution in [-0.4, -0.2) is 68.1 Å². The Bertz CT molecular complexity index is 935. The Labute approximate surface area is 183 Å². The predicted octanol–water partition coefficient (Wildman–Crippen LogP) is 0.794. The fourth-order valence-electron chi connectivity index (χ4n) is 4.28. The first kappa shape index (κ1) is 23.2. The zero-order valence-corrected chi connectivity index (χ0v) is 18.8. The fraction of sp³-hybridized carbons (Fsp3) is 0.571. The molecule has 31 heavy (non-hydrogen) atoms. The monoisotopic (exact) mass is 450 g/mol. The summed E-state index contributed by atoms with van der Waals surface area (Å²) in [5, 5.41) is 0. The van der Waals surface area contributed by atoms with E-state index in [1.165, 1.54) is 21.3 Å². The second-order valence-corrected chi connectivity index (χ2v) is 9.93. The van der Waals surface area contributed by atoms with Gasteiger partial charge in [-0.1, -0.05) is 13.8 Å². The fourth-order valence-corrected chi connectivity index (χ4v) is 5.73. The van der Waals surface area contributed by atoms with E-state index in [2.05, 4.69) is 0 Å². The Morgan fingerprint density at radius 3 is 2.16 bits per heavy atom. The van der Waals surface area contributed by atoms with E-state index in [1.807, 2.05) is 0 Å². The zero-order valence-electron chi connectivity index (χ0n) is 18.0. The summed E-state index contributed by atoms with van der Waals surface area (Å²) in [4.78, 5) is 40.2. The minimum absolute atomic E-state index is 0.0838. The van der Waals surface area contributed by atoms with Crippen molar-refractivity contribution >= 4 is 33.4 Å². The van der Waals surface area contributed by atoms with E-state index in [0.29, 0.717) is 44.7 Å². The number of nitrogens with two attached hydrogens (primary N) is 1. The number of piperidine rings is 1. The lowest BCUT2D eigenvalue weighted by Gasteiger charge is -2.32. The molecule has 9 nitrogen and oxygen atoms in total. The number of sulfonamides is 1. The van der Waals surface area contributed by atoms with Crippen LogP contribution in [0.15, 0.2) is 29.2 Å². The van der Waals surface area contributed by atoms with E-state index in [1.54, 1.807) is 30.9 Å². The van der Waals surface area contributed by atoms with Crippen LogP contribution in [0.3, 0.4) is 0 Å². The molecule has 2 saturated heterocycles. The SMILES string of the molecule is CCN(CC)S(=O)(=O)c1ccc(N2C[C@@H](C(=O)N3CCC(C(N)=O)CC3)CC2=O)cc1. The molecule has 10 heteroatoms. The van der Waals surface area contributed by atoms with Crippen LogP contribution in [0.5, 0.6) is 0 Å². The molecule has 0 saturated carbocycles. The smallest absolute Gasteiger partial charge is 0.243 e. The third kappa shape index (κ3) is 4.74. The molecular weight excluding hydrogens is 420 g/mol. The van der Waals surface area contributed by atoms with Gasteiger partial charge < -0.3 is 15.5 Å². The number of likely N-dealkylation sites (tertiary alicyclic amines) is 1. The van der Waals surface area contributed by atoms with Gasteiger partial charge in [-0.05, 0) is 37.1 Å². The molecule has 2 aliphatic heterocycles. The normalized spacial score (nSPS) is 20.5. The van der Waals surface area contributed by atoms with Crippen LogP contribution < -0.4 is 10.6 Å². The molecule has 0 unspecified atom stereocenters. The molecule has 0 aliphatic carbocycles. The first-order valence-electron chi connectivity index (χ1n) is 10.7.